The highest BCUT2D eigenvalue weighted by Crippen LogP contribution is 2.23. The van der Waals surface area contributed by atoms with Crippen LogP contribution in [0.1, 0.15) is 23.7 Å². The number of amides is 1. The maximum atomic E-state index is 12.4. The lowest BCUT2D eigenvalue weighted by molar-refractivity contribution is -0.121. The third kappa shape index (κ3) is 4.94. The Morgan fingerprint density at radius 2 is 1.84 bits per heavy atom. The minimum absolute atomic E-state index is 0.0181. The molecule has 4 nitrogen and oxygen atoms in total. The number of rotatable bonds is 7. The van der Waals surface area contributed by atoms with E-state index in [0.717, 1.165) is 17.7 Å². The summed E-state index contributed by atoms with van der Waals surface area (Å²) < 4.78 is 2.04. The van der Waals surface area contributed by atoms with Gasteiger partial charge in [0.1, 0.15) is 0 Å². The highest BCUT2D eigenvalue weighted by atomic mass is 35.5. The quantitative estimate of drug-likeness (QED) is 0.700. The molecule has 0 aliphatic heterocycles. The highest BCUT2D eigenvalue weighted by Gasteiger charge is 2.17. The third-order valence-electron chi connectivity index (χ3n) is 4.05. The van der Waals surface area contributed by atoms with Gasteiger partial charge in [-0.25, -0.2) is 0 Å². The van der Waals surface area contributed by atoms with Gasteiger partial charge in [0.05, 0.1) is 12.5 Å². The lowest BCUT2D eigenvalue weighted by Gasteiger charge is -2.19. The first-order valence-electron chi connectivity index (χ1n) is 8.27. The molecule has 0 aliphatic carbocycles. The van der Waals surface area contributed by atoms with E-state index in [2.05, 4.69) is 10.3 Å². The number of nitrogens with one attached hydrogen (secondary N) is 1. The highest BCUT2D eigenvalue weighted by molar-refractivity contribution is 6.30. The molecule has 0 saturated carbocycles. The van der Waals surface area contributed by atoms with Gasteiger partial charge in [0.15, 0.2) is 0 Å². The lowest BCUT2D eigenvalue weighted by atomic mass is 10.0. The van der Waals surface area contributed by atoms with Gasteiger partial charge in [-0.1, -0.05) is 29.8 Å². The lowest BCUT2D eigenvalue weighted by Crippen LogP contribution is -2.28. The van der Waals surface area contributed by atoms with Crippen LogP contribution in [0.25, 0.3) is 0 Å². The van der Waals surface area contributed by atoms with E-state index < -0.39 is 0 Å². The molecule has 1 amide bonds. The van der Waals surface area contributed by atoms with Crippen LogP contribution < -0.4 is 5.32 Å². The average molecular weight is 354 g/mol. The monoisotopic (exact) mass is 353 g/mol. The van der Waals surface area contributed by atoms with E-state index in [-0.39, 0.29) is 11.9 Å². The summed E-state index contributed by atoms with van der Waals surface area (Å²) in [7, 11) is 0. The number of carbonyl (C=O) groups excluding carboxylic acids is 1. The SMILES string of the molecule is O=C(CC(c1ccc(Cl)cc1)n1cccc1)NCCc1ccccn1. The van der Waals surface area contributed by atoms with Gasteiger partial charge in [-0.3, -0.25) is 9.78 Å². The van der Waals surface area contributed by atoms with E-state index in [9.17, 15) is 4.79 Å². The van der Waals surface area contributed by atoms with Crippen molar-refractivity contribution in [3.63, 3.8) is 0 Å². The van der Waals surface area contributed by atoms with Crippen molar-refractivity contribution >= 4 is 17.5 Å². The van der Waals surface area contributed by atoms with Crippen LogP contribution in [0.2, 0.25) is 5.02 Å². The Morgan fingerprint density at radius 1 is 1.08 bits per heavy atom. The van der Waals surface area contributed by atoms with Crippen molar-refractivity contribution in [1.82, 2.24) is 14.9 Å². The van der Waals surface area contributed by atoms with E-state index in [1.165, 1.54) is 0 Å². The normalized spacial score (nSPS) is 11.9. The van der Waals surface area contributed by atoms with Crippen molar-refractivity contribution in [1.29, 1.82) is 0 Å². The number of pyridine rings is 1. The zero-order valence-electron chi connectivity index (χ0n) is 13.8. The van der Waals surface area contributed by atoms with Crippen molar-refractivity contribution < 1.29 is 4.79 Å². The maximum absolute atomic E-state index is 12.4. The van der Waals surface area contributed by atoms with Gasteiger partial charge in [-0.2, -0.15) is 0 Å². The Balaban J connectivity index is 1.62. The molecule has 2 aromatic heterocycles. The molecule has 3 aromatic rings. The van der Waals surface area contributed by atoms with Crippen molar-refractivity contribution in [2.24, 2.45) is 0 Å². The first-order chi connectivity index (χ1) is 12.2. The van der Waals surface area contributed by atoms with Gasteiger partial charge in [-0.05, 0) is 42.0 Å². The summed E-state index contributed by atoms with van der Waals surface area (Å²) in [6.45, 7) is 0.578. The van der Waals surface area contributed by atoms with Crippen LogP contribution in [0.5, 0.6) is 0 Å². The summed E-state index contributed by atoms with van der Waals surface area (Å²) in [5.41, 5.74) is 2.03. The van der Waals surface area contributed by atoms with Crippen molar-refractivity contribution in [2.45, 2.75) is 18.9 Å². The van der Waals surface area contributed by atoms with Crippen LogP contribution in [0.15, 0.2) is 73.2 Å². The van der Waals surface area contributed by atoms with E-state index in [0.29, 0.717) is 18.0 Å². The zero-order valence-corrected chi connectivity index (χ0v) is 14.6. The number of hydrogen-bond acceptors (Lipinski definition) is 2. The van der Waals surface area contributed by atoms with Gasteiger partial charge in [0.2, 0.25) is 5.91 Å². The van der Waals surface area contributed by atoms with Crippen molar-refractivity contribution in [2.75, 3.05) is 6.54 Å². The Labute approximate surface area is 152 Å². The molecule has 0 spiro atoms. The summed E-state index contributed by atoms with van der Waals surface area (Å²) >= 11 is 5.98. The van der Waals surface area contributed by atoms with Crippen LogP contribution in [-0.4, -0.2) is 22.0 Å². The summed E-state index contributed by atoms with van der Waals surface area (Å²) in [4.78, 5) is 16.7. The molecule has 1 N–H and O–H groups in total. The van der Waals surface area contributed by atoms with E-state index in [1.807, 2.05) is 71.6 Å². The molecule has 5 heteroatoms. The topological polar surface area (TPSA) is 46.9 Å². The number of nitrogens with zero attached hydrogens (tertiary/aromatic N) is 2. The molecular formula is C20H20ClN3O. The second kappa shape index (κ2) is 8.49. The second-order valence-electron chi connectivity index (χ2n) is 5.82. The van der Waals surface area contributed by atoms with Crippen LogP contribution >= 0.6 is 11.6 Å². The fourth-order valence-electron chi connectivity index (χ4n) is 2.76. The minimum atomic E-state index is -0.0536. The molecule has 0 bridgehead atoms. The molecule has 0 saturated heterocycles. The minimum Gasteiger partial charge on any atom is -0.356 e. The van der Waals surface area contributed by atoms with Crippen LogP contribution in [0.4, 0.5) is 0 Å². The molecule has 2 heterocycles. The largest absolute Gasteiger partial charge is 0.356 e. The molecule has 25 heavy (non-hydrogen) atoms. The fourth-order valence-corrected chi connectivity index (χ4v) is 2.89. The van der Waals surface area contributed by atoms with Gasteiger partial charge >= 0.3 is 0 Å². The standard InChI is InChI=1S/C20H20ClN3O/c21-17-8-6-16(7-9-17)19(24-13-3-4-14-24)15-20(25)23-12-10-18-5-1-2-11-22-18/h1-9,11,13-14,19H,10,12,15H2,(H,23,25). The van der Waals surface area contributed by atoms with Gasteiger partial charge in [0.25, 0.3) is 0 Å². The number of carbonyl (C=O) groups is 1. The molecule has 1 unspecified atom stereocenters. The summed E-state index contributed by atoms with van der Waals surface area (Å²) in [6, 6.07) is 17.3. The molecular weight excluding hydrogens is 334 g/mol. The molecule has 128 valence electrons. The van der Waals surface area contributed by atoms with Gasteiger partial charge in [-0.15, -0.1) is 0 Å². The van der Waals surface area contributed by atoms with Crippen molar-refractivity contribution in [3.8, 4) is 0 Å². The zero-order chi connectivity index (χ0) is 17.5. The molecule has 0 aliphatic rings. The second-order valence-corrected chi connectivity index (χ2v) is 6.26. The Hall–Kier alpha value is -2.59. The first-order valence-corrected chi connectivity index (χ1v) is 8.65. The fraction of sp³-hybridized carbons (Fsp3) is 0.200. The third-order valence-corrected chi connectivity index (χ3v) is 4.30. The number of benzene rings is 1. The molecule has 3 rings (SSSR count). The smallest absolute Gasteiger partial charge is 0.222 e. The summed E-state index contributed by atoms with van der Waals surface area (Å²) in [6.07, 6.45) is 6.81. The molecule has 0 radical (unpaired) electrons. The van der Waals surface area contributed by atoms with E-state index >= 15 is 0 Å². The van der Waals surface area contributed by atoms with Gasteiger partial charge in [0, 0.05) is 42.3 Å². The van der Waals surface area contributed by atoms with Gasteiger partial charge < -0.3 is 9.88 Å². The number of aromatic nitrogens is 2. The predicted molar refractivity (Wildman–Crippen MR) is 99.6 cm³/mol. The molecule has 1 aromatic carbocycles. The number of hydrogen-bond donors (Lipinski definition) is 1. The van der Waals surface area contributed by atoms with E-state index in [1.54, 1.807) is 6.20 Å². The molecule has 0 fully saturated rings. The Kier molecular flexibility index (Phi) is 5.86. The van der Waals surface area contributed by atoms with E-state index in [4.69, 9.17) is 11.6 Å². The predicted octanol–water partition coefficient (Wildman–Crippen LogP) is 3.87. The average Bonchev–Trinajstić information content (AvgIpc) is 3.16. The number of halogens is 1. The summed E-state index contributed by atoms with van der Waals surface area (Å²) in [5, 5.41) is 3.68. The van der Waals surface area contributed by atoms with Crippen LogP contribution in [0.3, 0.4) is 0 Å². The summed E-state index contributed by atoms with van der Waals surface area (Å²) in [5.74, 6) is 0.0181. The van der Waals surface area contributed by atoms with Crippen molar-refractivity contribution in [3.05, 3.63) is 89.5 Å². The Bertz CT molecular complexity index is 786. The maximum Gasteiger partial charge on any atom is 0.222 e. The van der Waals surface area contributed by atoms with Crippen LogP contribution in [0, 0.1) is 0 Å². The Morgan fingerprint density at radius 3 is 2.52 bits per heavy atom. The molecule has 1 atom stereocenters. The van der Waals surface area contributed by atoms with Crippen LogP contribution in [-0.2, 0) is 11.2 Å². The first kappa shape index (κ1) is 17.2.